The van der Waals surface area contributed by atoms with E-state index in [0.717, 1.165) is 83.5 Å². The van der Waals surface area contributed by atoms with Gasteiger partial charge in [0.15, 0.2) is 0 Å². The van der Waals surface area contributed by atoms with Crippen LogP contribution >= 0.6 is 7.82 Å². The van der Waals surface area contributed by atoms with Crippen LogP contribution in [0.4, 0.5) is 0 Å². The Labute approximate surface area is 450 Å². The zero-order valence-corrected chi connectivity index (χ0v) is 48.7. The number of quaternary nitrogens is 1. The van der Waals surface area contributed by atoms with Gasteiger partial charge in [-0.2, -0.15) is 0 Å². The standard InChI is InChI=1S/C64H112NO7P/c1-6-8-10-12-14-16-18-20-22-24-26-28-30-32-34-36-38-40-42-44-46-48-50-52-54-56-59-69-61-63(62-71-73(67,68)70-60-58-65(3,4)5)72-64(66)57-55-53-51-49-47-45-43-41-39-37-35-33-31-29-27-25-23-21-19-17-15-13-11-9-7-2/h9,11,15,17-18,20-21,23-24,26-27,29,33,35,39,41,45,47,63H,6-8,10,12-14,16,19,22,25,28,30-32,34,36-38,40,42-44,46,48-62H2,1-5H3/b11-9-,17-15-,20-18-,23-21-,26-24-,29-27-,35-33-,41-39-,47-45-. The average Bonchev–Trinajstić information content (AvgIpc) is 3.35. The first-order chi connectivity index (χ1) is 35.6. The lowest BCUT2D eigenvalue weighted by atomic mass is 10.0. The molecule has 0 aromatic heterocycles. The van der Waals surface area contributed by atoms with Gasteiger partial charge >= 0.3 is 5.97 Å². The number of likely N-dealkylation sites (N-methyl/N-ethyl adjacent to an activating group) is 1. The number of phosphoric acid groups is 1. The van der Waals surface area contributed by atoms with E-state index in [2.05, 4.69) is 123 Å². The molecule has 0 radical (unpaired) electrons. The van der Waals surface area contributed by atoms with Crippen molar-refractivity contribution in [3.63, 3.8) is 0 Å². The molecule has 2 unspecified atom stereocenters. The fourth-order valence-electron chi connectivity index (χ4n) is 7.79. The molecule has 0 aliphatic rings. The molecule has 0 fully saturated rings. The quantitative estimate of drug-likeness (QED) is 0.0197. The molecule has 8 nitrogen and oxygen atoms in total. The Hall–Kier alpha value is -2.84. The summed E-state index contributed by atoms with van der Waals surface area (Å²) in [6.07, 6.45) is 78.5. The van der Waals surface area contributed by atoms with Crippen molar-refractivity contribution < 1.29 is 37.3 Å². The molecule has 73 heavy (non-hydrogen) atoms. The molecule has 0 aliphatic heterocycles. The zero-order chi connectivity index (χ0) is 53.3. The van der Waals surface area contributed by atoms with Crippen LogP contribution in [-0.2, 0) is 27.9 Å². The zero-order valence-electron chi connectivity index (χ0n) is 47.8. The topological polar surface area (TPSA) is 94.1 Å². The SMILES string of the molecule is CC/C=C\C/C=C\C/C=C\C/C=C\C/C=C\C/C=C\C/C=C\CCCCCC(=O)OC(COCCCCCCCCCCCCCCCC/C=C\C/C=C\CCCCCCC)COP(=O)([O-])OCC[N+](C)(C)C. The number of phosphoric ester groups is 1. The molecule has 0 bridgehead atoms. The van der Waals surface area contributed by atoms with E-state index >= 15 is 0 Å². The maximum atomic E-state index is 12.8. The number of carbonyl (C=O) groups is 1. The molecule has 2 atom stereocenters. The van der Waals surface area contributed by atoms with E-state index in [1.807, 2.05) is 21.1 Å². The van der Waals surface area contributed by atoms with Crippen molar-refractivity contribution in [2.45, 2.75) is 238 Å². The number of rotatable bonds is 54. The van der Waals surface area contributed by atoms with Crippen LogP contribution < -0.4 is 4.89 Å². The van der Waals surface area contributed by atoms with Crippen LogP contribution in [0.2, 0.25) is 0 Å². The summed E-state index contributed by atoms with van der Waals surface area (Å²) in [5.74, 6) is -0.367. The summed E-state index contributed by atoms with van der Waals surface area (Å²) in [5, 5.41) is 0. The Morgan fingerprint density at radius 3 is 1.19 bits per heavy atom. The molecular formula is C64H112NO7P. The van der Waals surface area contributed by atoms with E-state index < -0.39 is 13.9 Å². The number of allylic oxidation sites excluding steroid dienone is 18. The van der Waals surface area contributed by atoms with Crippen molar-refractivity contribution in [1.29, 1.82) is 0 Å². The summed E-state index contributed by atoms with van der Waals surface area (Å²) in [6.45, 7) is 5.24. The first kappa shape index (κ1) is 70.2. The normalized spacial score (nSPS) is 14.2. The van der Waals surface area contributed by atoms with Gasteiger partial charge < -0.3 is 27.9 Å². The maximum Gasteiger partial charge on any atom is 0.306 e. The highest BCUT2D eigenvalue weighted by Gasteiger charge is 2.20. The Kier molecular flexibility index (Phi) is 53.2. The third-order valence-electron chi connectivity index (χ3n) is 12.3. The van der Waals surface area contributed by atoms with Crippen molar-refractivity contribution in [3.05, 3.63) is 109 Å². The molecule has 0 saturated carbocycles. The lowest BCUT2D eigenvalue weighted by Gasteiger charge is -2.28. The Balaban J connectivity index is 4.16. The van der Waals surface area contributed by atoms with Gasteiger partial charge in [-0.3, -0.25) is 9.36 Å². The number of ether oxygens (including phenoxy) is 2. The van der Waals surface area contributed by atoms with Gasteiger partial charge in [0.1, 0.15) is 19.3 Å². The van der Waals surface area contributed by atoms with Crippen LogP contribution in [0.3, 0.4) is 0 Å². The number of unbranched alkanes of at least 4 members (excludes halogenated alkanes) is 22. The second-order valence-corrected chi connectivity index (χ2v) is 22.0. The van der Waals surface area contributed by atoms with Crippen molar-refractivity contribution in [2.24, 2.45) is 0 Å². The average molecular weight is 1040 g/mol. The molecule has 0 aromatic carbocycles. The summed E-state index contributed by atoms with van der Waals surface area (Å²) in [7, 11) is 1.32. The fourth-order valence-corrected chi connectivity index (χ4v) is 8.52. The molecule has 0 heterocycles. The predicted octanol–water partition coefficient (Wildman–Crippen LogP) is 18.4. The van der Waals surface area contributed by atoms with Crippen LogP contribution in [-0.4, -0.2) is 70.7 Å². The second-order valence-electron chi connectivity index (χ2n) is 20.6. The Morgan fingerprint density at radius 2 is 0.795 bits per heavy atom. The van der Waals surface area contributed by atoms with Gasteiger partial charge in [-0.05, 0) is 103 Å². The number of hydrogen-bond acceptors (Lipinski definition) is 7. The maximum absolute atomic E-state index is 12.8. The largest absolute Gasteiger partial charge is 0.756 e. The lowest BCUT2D eigenvalue weighted by molar-refractivity contribution is -0.870. The Morgan fingerprint density at radius 1 is 0.438 bits per heavy atom. The van der Waals surface area contributed by atoms with Gasteiger partial charge in [0.05, 0.1) is 34.4 Å². The minimum absolute atomic E-state index is 0.0136. The fraction of sp³-hybridized carbons (Fsp3) is 0.703. The number of hydrogen-bond donors (Lipinski definition) is 0. The first-order valence-corrected chi connectivity index (χ1v) is 31.1. The van der Waals surface area contributed by atoms with E-state index in [1.165, 1.54) is 122 Å². The lowest BCUT2D eigenvalue weighted by Crippen LogP contribution is -2.37. The third-order valence-corrected chi connectivity index (χ3v) is 13.3. The number of esters is 1. The van der Waals surface area contributed by atoms with Crippen LogP contribution in [0, 0.1) is 0 Å². The predicted molar refractivity (Wildman–Crippen MR) is 314 cm³/mol. The molecule has 9 heteroatoms. The van der Waals surface area contributed by atoms with E-state index in [4.69, 9.17) is 18.5 Å². The van der Waals surface area contributed by atoms with Crippen LogP contribution in [0.25, 0.3) is 0 Å². The van der Waals surface area contributed by atoms with Gasteiger partial charge in [-0.25, -0.2) is 0 Å². The van der Waals surface area contributed by atoms with Crippen molar-refractivity contribution >= 4 is 13.8 Å². The van der Waals surface area contributed by atoms with Crippen LogP contribution in [0.1, 0.15) is 232 Å². The highest BCUT2D eigenvalue weighted by atomic mass is 31.2. The minimum atomic E-state index is -4.55. The van der Waals surface area contributed by atoms with Crippen LogP contribution in [0.5, 0.6) is 0 Å². The monoisotopic (exact) mass is 1040 g/mol. The van der Waals surface area contributed by atoms with E-state index in [-0.39, 0.29) is 32.2 Å². The van der Waals surface area contributed by atoms with Crippen molar-refractivity contribution in [1.82, 2.24) is 0 Å². The summed E-state index contributed by atoms with van der Waals surface area (Å²) in [5.41, 5.74) is 0. The molecule has 0 aliphatic carbocycles. The van der Waals surface area contributed by atoms with Gasteiger partial charge in [-0.1, -0.05) is 232 Å². The third kappa shape index (κ3) is 59.9. The van der Waals surface area contributed by atoms with Gasteiger partial charge in [0.2, 0.25) is 0 Å². The molecule has 0 rings (SSSR count). The highest BCUT2D eigenvalue weighted by Crippen LogP contribution is 2.38. The Bertz CT molecular complexity index is 1530. The summed E-state index contributed by atoms with van der Waals surface area (Å²) in [4.78, 5) is 25.3. The molecule has 0 N–H and O–H groups in total. The van der Waals surface area contributed by atoms with Gasteiger partial charge in [-0.15, -0.1) is 0 Å². The summed E-state index contributed by atoms with van der Waals surface area (Å²) < 4.78 is 34.8. The highest BCUT2D eigenvalue weighted by molar-refractivity contribution is 7.45. The van der Waals surface area contributed by atoms with Gasteiger partial charge in [0.25, 0.3) is 7.82 Å². The molecule has 0 saturated heterocycles. The van der Waals surface area contributed by atoms with Crippen molar-refractivity contribution in [2.75, 3.05) is 54.1 Å². The number of nitrogens with zero attached hydrogens (tertiary/aromatic N) is 1. The van der Waals surface area contributed by atoms with E-state index in [0.29, 0.717) is 24.1 Å². The molecule has 420 valence electrons. The van der Waals surface area contributed by atoms with Gasteiger partial charge in [0, 0.05) is 13.0 Å². The minimum Gasteiger partial charge on any atom is -0.756 e. The molecule has 0 spiro atoms. The number of carbonyl (C=O) groups excluding carboxylic acids is 1. The van der Waals surface area contributed by atoms with Crippen molar-refractivity contribution in [3.8, 4) is 0 Å². The van der Waals surface area contributed by atoms with E-state index in [9.17, 15) is 14.3 Å². The first-order valence-electron chi connectivity index (χ1n) is 29.6. The molecule has 0 amide bonds. The second kappa shape index (κ2) is 55.4. The van der Waals surface area contributed by atoms with E-state index in [1.54, 1.807) is 0 Å². The molecule has 0 aromatic rings. The summed E-state index contributed by atoms with van der Waals surface area (Å²) in [6, 6.07) is 0. The smallest absolute Gasteiger partial charge is 0.306 e. The molecular weight excluding hydrogens is 926 g/mol. The summed E-state index contributed by atoms with van der Waals surface area (Å²) >= 11 is 0. The van der Waals surface area contributed by atoms with Crippen LogP contribution in [0.15, 0.2) is 109 Å².